The molecule has 0 heterocycles. The van der Waals surface area contributed by atoms with Crippen molar-refractivity contribution in [2.75, 3.05) is 0 Å². The number of esters is 2. The Bertz CT molecular complexity index is 811. The fourth-order valence-corrected chi connectivity index (χ4v) is 5.12. The molecule has 0 saturated carbocycles. The minimum atomic E-state index is -4.10. The summed E-state index contributed by atoms with van der Waals surface area (Å²) in [6, 6.07) is -1.11. The second-order valence-corrected chi connectivity index (χ2v) is 11.9. The molecule has 0 aliphatic heterocycles. The van der Waals surface area contributed by atoms with Crippen LogP contribution in [0.5, 0.6) is 0 Å². The van der Waals surface area contributed by atoms with Gasteiger partial charge in [-0.25, -0.2) is 13.2 Å². The van der Waals surface area contributed by atoms with Crippen molar-refractivity contribution >= 4 is 21.8 Å². The molecule has 8 heteroatoms. The van der Waals surface area contributed by atoms with Crippen LogP contribution in [0.25, 0.3) is 0 Å². The van der Waals surface area contributed by atoms with Crippen molar-refractivity contribution in [2.45, 2.75) is 76.0 Å². The van der Waals surface area contributed by atoms with Gasteiger partial charge < -0.3 is 15.2 Å². The maximum absolute atomic E-state index is 13.6. The minimum absolute atomic E-state index is 0.101. The third kappa shape index (κ3) is 5.36. The summed E-state index contributed by atoms with van der Waals surface area (Å²) < 4.78 is 34.3. The molecule has 0 radical (unpaired) electrons. The lowest BCUT2D eigenvalue weighted by Crippen LogP contribution is -2.58. The monoisotopic (exact) mass is 427 g/mol. The van der Waals surface area contributed by atoms with E-state index in [0.717, 1.165) is 6.26 Å². The van der Waals surface area contributed by atoms with E-state index < -0.39 is 48.8 Å². The van der Waals surface area contributed by atoms with Gasteiger partial charge in [0.15, 0.2) is 14.6 Å². The SMILES string of the molecule is CC=COC(=O)C1(S(=O)(=O)C(C)(C)C)C=CC=CC1C[C@H](N)C(=O)OC(C)(C)C. The summed E-state index contributed by atoms with van der Waals surface area (Å²) >= 11 is 0. The van der Waals surface area contributed by atoms with Gasteiger partial charge in [0.1, 0.15) is 11.6 Å². The first-order chi connectivity index (χ1) is 13.1. The molecule has 0 aromatic carbocycles. The lowest BCUT2D eigenvalue weighted by atomic mass is 9.82. The summed E-state index contributed by atoms with van der Waals surface area (Å²) in [7, 11) is -4.10. The van der Waals surface area contributed by atoms with Gasteiger partial charge in [-0.15, -0.1) is 0 Å². The second kappa shape index (κ2) is 8.83. The van der Waals surface area contributed by atoms with E-state index in [-0.39, 0.29) is 6.42 Å². The highest BCUT2D eigenvalue weighted by Crippen LogP contribution is 2.42. The van der Waals surface area contributed by atoms with Crippen molar-refractivity contribution in [1.82, 2.24) is 0 Å². The van der Waals surface area contributed by atoms with Crippen LogP contribution in [0.15, 0.2) is 36.6 Å². The highest BCUT2D eigenvalue weighted by Gasteiger charge is 2.59. The fourth-order valence-electron chi connectivity index (χ4n) is 3.01. The second-order valence-electron chi connectivity index (χ2n) is 9.01. The van der Waals surface area contributed by atoms with Crippen molar-refractivity contribution in [3.63, 3.8) is 0 Å². The van der Waals surface area contributed by atoms with Crippen molar-refractivity contribution < 1.29 is 27.5 Å². The zero-order valence-corrected chi connectivity index (χ0v) is 19.1. The average molecular weight is 428 g/mol. The number of hydrogen-bond donors (Lipinski definition) is 1. The molecule has 7 nitrogen and oxygen atoms in total. The van der Waals surface area contributed by atoms with E-state index >= 15 is 0 Å². The van der Waals surface area contributed by atoms with Crippen molar-refractivity contribution in [3.05, 3.63) is 36.6 Å². The molecular formula is C21H33NO6S. The maximum Gasteiger partial charge on any atom is 0.336 e. The van der Waals surface area contributed by atoms with Gasteiger partial charge >= 0.3 is 11.9 Å². The minimum Gasteiger partial charge on any atom is -0.459 e. The number of sulfone groups is 1. The van der Waals surface area contributed by atoms with E-state index in [1.807, 2.05) is 0 Å². The van der Waals surface area contributed by atoms with Gasteiger partial charge in [0.05, 0.1) is 11.0 Å². The van der Waals surface area contributed by atoms with E-state index in [0.29, 0.717) is 0 Å². The fraction of sp³-hybridized carbons (Fsp3) is 0.619. The third-order valence-corrected chi connectivity index (χ3v) is 7.55. The number of rotatable bonds is 6. The lowest BCUT2D eigenvalue weighted by molar-refractivity contribution is -0.157. The smallest absolute Gasteiger partial charge is 0.336 e. The summed E-state index contributed by atoms with van der Waals surface area (Å²) in [5, 5.41) is 0. The number of allylic oxidation sites excluding steroid dienone is 4. The number of carbonyl (C=O) groups excluding carboxylic acids is 2. The molecule has 164 valence electrons. The van der Waals surface area contributed by atoms with E-state index in [4.69, 9.17) is 15.2 Å². The van der Waals surface area contributed by atoms with Crippen LogP contribution in [-0.4, -0.2) is 41.5 Å². The molecule has 0 spiro atoms. The van der Waals surface area contributed by atoms with Gasteiger partial charge in [0.2, 0.25) is 0 Å². The predicted octanol–water partition coefficient (Wildman–Crippen LogP) is 2.82. The van der Waals surface area contributed by atoms with Gasteiger partial charge in [-0.2, -0.15) is 0 Å². The van der Waals surface area contributed by atoms with Crippen molar-refractivity contribution in [2.24, 2.45) is 11.7 Å². The van der Waals surface area contributed by atoms with Crippen molar-refractivity contribution in [3.8, 4) is 0 Å². The Morgan fingerprint density at radius 1 is 1.17 bits per heavy atom. The Labute approximate surface area is 173 Å². The number of ether oxygens (including phenoxy) is 2. The van der Waals surface area contributed by atoms with Crippen LogP contribution in [0.3, 0.4) is 0 Å². The summed E-state index contributed by atoms with van der Waals surface area (Å²) in [5.74, 6) is -2.51. The number of carbonyl (C=O) groups is 2. The normalized spacial score (nSPS) is 23.8. The summed E-state index contributed by atoms with van der Waals surface area (Å²) in [5.41, 5.74) is 5.30. The van der Waals surface area contributed by atoms with Crippen LogP contribution in [0, 0.1) is 5.92 Å². The first-order valence-electron chi connectivity index (χ1n) is 9.51. The Morgan fingerprint density at radius 3 is 2.24 bits per heavy atom. The molecule has 2 N–H and O–H groups in total. The molecule has 1 aliphatic carbocycles. The zero-order chi connectivity index (χ0) is 22.7. The third-order valence-electron chi connectivity index (χ3n) is 4.45. The lowest BCUT2D eigenvalue weighted by Gasteiger charge is -2.40. The zero-order valence-electron chi connectivity index (χ0n) is 18.3. The standard InChI is InChI=1S/C21H33NO6S/c1-8-13-27-18(24)21(29(25,26)20(5,6)7)12-10-9-11-15(21)14-16(22)17(23)28-19(2,3)4/h8-13,15-16H,14,22H2,1-7H3/t15?,16-,21?/m0/s1. The van der Waals surface area contributed by atoms with Gasteiger partial charge in [-0.3, -0.25) is 4.79 Å². The van der Waals surface area contributed by atoms with E-state index in [9.17, 15) is 18.0 Å². The molecule has 1 rings (SSSR count). The summed E-state index contributed by atoms with van der Waals surface area (Å²) in [6.07, 6.45) is 8.55. The molecule has 2 unspecified atom stereocenters. The molecule has 3 atom stereocenters. The topological polar surface area (TPSA) is 113 Å². The highest BCUT2D eigenvalue weighted by atomic mass is 32.2. The first-order valence-corrected chi connectivity index (χ1v) is 11.0. The van der Waals surface area contributed by atoms with Crippen LogP contribution in [0.2, 0.25) is 0 Å². The Balaban J connectivity index is 3.45. The summed E-state index contributed by atoms with van der Waals surface area (Å²) in [6.45, 7) is 11.3. The molecule has 0 amide bonds. The van der Waals surface area contributed by atoms with Crippen LogP contribution in [0.1, 0.15) is 54.9 Å². The van der Waals surface area contributed by atoms with Crippen LogP contribution in [-0.2, 0) is 28.9 Å². The van der Waals surface area contributed by atoms with Gasteiger partial charge in [-0.05, 0) is 54.9 Å². The van der Waals surface area contributed by atoms with Crippen LogP contribution in [0.4, 0.5) is 0 Å². The largest absolute Gasteiger partial charge is 0.459 e. The van der Waals surface area contributed by atoms with E-state index in [1.165, 1.54) is 39.0 Å². The Morgan fingerprint density at radius 2 is 1.76 bits per heavy atom. The Kier molecular flexibility index (Phi) is 7.65. The number of hydrogen-bond acceptors (Lipinski definition) is 7. The number of nitrogens with two attached hydrogens (primary N) is 1. The molecule has 1 aliphatic rings. The summed E-state index contributed by atoms with van der Waals surface area (Å²) in [4.78, 5) is 25.4. The molecule has 0 saturated heterocycles. The molecule has 0 bridgehead atoms. The Hall–Kier alpha value is -1.93. The molecule has 0 fully saturated rings. The van der Waals surface area contributed by atoms with Gasteiger partial charge in [-0.1, -0.05) is 30.4 Å². The van der Waals surface area contributed by atoms with Gasteiger partial charge in [0.25, 0.3) is 0 Å². The maximum atomic E-state index is 13.6. The quantitative estimate of drug-likeness (QED) is 0.512. The van der Waals surface area contributed by atoms with Crippen LogP contribution < -0.4 is 5.73 Å². The molecular weight excluding hydrogens is 394 g/mol. The highest BCUT2D eigenvalue weighted by molar-refractivity contribution is 7.95. The predicted molar refractivity (Wildman–Crippen MR) is 113 cm³/mol. The molecule has 29 heavy (non-hydrogen) atoms. The average Bonchev–Trinajstić information content (AvgIpc) is 2.57. The van der Waals surface area contributed by atoms with Crippen molar-refractivity contribution in [1.29, 1.82) is 0 Å². The van der Waals surface area contributed by atoms with E-state index in [1.54, 1.807) is 39.8 Å². The molecule has 0 aromatic rings. The first kappa shape index (κ1) is 25.1. The molecule has 0 aromatic heterocycles. The van der Waals surface area contributed by atoms with Crippen LogP contribution >= 0.6 is 0 Å². The van der Waals surface area contributed by atoms with Gasteiger partial charge in [0, 0.05) is 5.92 Å². The van der Waals surface area contributed by atoms with E-state index in [2.05, 4.69) is 0 Å².